The number of aryl methyl sites for hydroxylation is 1. The van der Waals surface area contributed by atoms with Gasteiger partial charge in [-0.15, -0.1) is 0 Å². The Morgan fingerprint density at radius 3 is 2.65 bits per heavy atom. The number of nitrogens with two attached hydrogens (primary N) is 1. The van der Waals surface area contributed by atoms with Gasteiger partial charge in [0.05, 0.1) is 6.10 Å². The van der Waals surface area contributed by atoms with Gasteiger partial charge >= 0.3 is 0 Å². The normalized spacial score (nSPS) is 28.8. The van der Waals surface area contributed by atoms with Crippen LogP contribution in [-0.4, -0.2) is 12.6 Å². The summed E-state index contributed by atoms with van der Waals surface area (Å²) in [6, 6.07) is 3.97. The minimum atomic E-state index is -0.111. The van der Waals surface area contributed by atoms with Crippen LogP contribution in [0, 0.1) is 24.7 Å². The largest absolute Gasteiger partial charge is 0.464 e. The van der Waals surface area contributed by atoms with Gasteiger partial charge in [-0.05, 0) is 49.7 Å². The smallest absolute Gasteiger partial charge is 0.134 e. The molecule has 0 aromatic carbocycles. The molecular formula is C17H29NO2. The van der Waals surface area contributed by atoms with Gasteiger partial charge in [-0.1, -0.05) is 27.2 Å². The molecule has 1 heterocycles. The Balaban J connectivity index is 2.07. The maximum absolute atomic E-state index is 6.37. The second-order valence-electron chi connectivity index (χ2n) is 6.67. The molecule has 1 saturated carbocycles. The van der Waals surface area contributed by atoms with Gasteiger partial charge < -0.3 is 14.9 Å². The van der Waals surface area contributed by atoms with Crippen LogP contribution in [0.25, 0.3) is 0 Å². The summed E-state index contributed by atoms with van der Waals surface area (Å²) in [5.74, 6) is 3.82. The molecule has 1 aromatic heterocycles. The summed E-state index contributed by atoms with van der Waals surface area (Å²) >= 11 is 0. The topological polar surface area (TPSA) is 48.4 Å². The molecular weight excluding hydrogens is 250 g/mol. The predicted octanol–water partition coefficient (Wildman–Crippen LogP) is 4.07. The van der Waals surface area contributed by atoms with E-state index in [2.05, 4.69) is 20.8 Å². The molecule has 0 aliphatic heterocycles. The molecule has 1 aliphatic rings. The molecule has 1 aromatic rings. The van der Waals surface area contributed by atoms with E-state index in [0.29, 0.717) is 24.5 Å². The zero-order valence-corrected chi connectivity index (χ0v) is 13.3. The standard InChI is InChI=1S/C17H29NO2/c1-11(2)14-7-5-12(3)9-16(14)20-17(10-18)15-8-6-13(4)19-15/h6,8,11-12,14,16-17H,5,7,9-10,18H2,1-4H3. The van der Waals surface area contributed by atoms with E-state index in [1.807, 2.05) is 19.1 Å². The predicted molar refractivity (Wildman–Crippen MR) is 81.5 cm³/mol. The van der Waals surface area contributed by atoms with Crippen LogP contribution in [0.1, 0.15) is 57.7 Å². The first-order valence-corrected chi connectivity index (χ1v) is 7.93. The van der Waals surface area contributed by atoms with Crippen LogP contribution in [0.15, 0.2) is 16.5 Å². The molecule has 4 atom stereocenters. The molecule has 2 N–H and O–H groups in total. The lowest BCUT2D eigenvalue weighted by atomic mass is 9.75. The van der Waals surface area contributed by atoms with Crippen molar-refractivity contribution in [1.82, 2.24) is 0 Å². The zero-order chi connectivity index (χ0) is 14.7. The van der Waals surface area contributed by atoms with Crippen molar-refractivity contribution in [2.24, 2.45) is 23.5 Å². The molecule has 114 valence electrons. The number of hydrogen-bond acceptors (Lipinski definition) is 3. The van der Waals surface area contributed by atoms with Crippen LogP contribution < -0.4 is 5.73 Å². The summed E-state index contributed by atoms with van der Waals surface area (Å²) in [5.41, 5.74) is 5.90. The molecule has 1 aliphatic carbocycles. The first-order chi connectivity index (χ1) is 9.51. The van der Waals surface area contributed by atoms with E-state index in [9.17, 15) is 0 Å². The average molecular weight is 279 g/mol. The second-order valence-corrected chi connectivity index (χ2v) is 6.67. The Kier molecular flexibility index (Phi) is 5.28. The quantitative estimate of drug-likeness (QED) is 0.884. The Morgan fingerprint density at radius 2 is 2.10 bits per heavy atom. The maximum Gasteiger partial charge on any atom is 0.134 e. The van der Waals surface area contributed by atoms with Crippen molar-refractivity contribution < 1.29 is 9.15 Å². The molecule has 0 saturated heterocycles. The Labute approximate surface area is 122 Å². The van der Waals surface area contributed by atoms with Crippen molar-refractivity contribution >= 4 is 0 Å². The fraction of sp³-hybridized carbons (Fsp3) is 0.765. The van der Waals surface area contributed by atoms with E-state index < -0.39 is 0 Å². The van der Waals surface area contributed by atoms with Crippen LogP contribution in [0.4, 0.5) is 0 Å². The minimum absolute atomic E-state index is 0.111. The summed E-state index contributed by atoms with van der Waals surface area (Å²) < 4.78 is 12.1. The lowest BCUT2D eigenvalue weighted by Gasteiger charge is -2.38. The zero-order valence-electron chi connectivity index (χ0n) is 13.3. The summed E-state index contributed by atoms with van der Waals surface area (Å²) in [4.78, 5) is 0. The molecule has 20 heavy (non-hydrogen) atoms. The third-order valence-electron chi connectivity index (χ3n) is 4.59. The number of rotatable bonds is 5. The van der Waals surface area contributed by atoms with Crippen LogP contribution in [0.5, 0.6) is 0 Å². The van der Waals surface area contributed by atoms with Crippen molar-refractivity contribution in [3.8, 4) is 0 Å². The fourth-order valence-electron chi connectivity index (χ4n) is 3.35. The van der Waals surface area contributed by atoms with Crippen LogP contribution in [0.2, 0.25) is 0 Å². The number of ether oxygens (including phenoxy) is 1. The summed E-state index contributed by atoms with van der Waals surface area (Å²) in [6.07, 6.45) is 3.91. The fourth-order valence-corrected chi connectivity index (χ4v) is 3.35. The average Bonchev–Trinajstić information content (AvgIpc) is 2.82. The Hall–Kier alpha value is -0.800. The Morgan fingerprint density at radius 1 is 1.35 bits per heavy atom. The first kappa shape index (κ1) is 15.6. The van der Waals surface area contributed by atoms with Crippen LogP contribution >= 0.6 is 0 Å². The molecule has 1 fully saturated rings. The van der Waals surface area contributed by atoms with Gasteiger partial charge in [0.2, 0.25) is 0 Å². The summed E-state index contributed by atoms with van der Waals surface area (Å²) in [5, 5.41) is 0. The first-order valence-electron chi connectivity index (χ1n) is 7.93. The van der Waals surface area contributed by atoms with Gasteiger partial charge in [0.1, 0.15) is 17.6 Å². The van der Waals surface area contributed by atoms with Gasteiger partial charge in [-0.3, -0.25) is 0 Å². The number of furan rings is 1. The van der Waals surface area contributed by atoms with E-state index in [-0.39, 0.29) is 6.10 Å². The highest BCUT2D eigenvalue weighted by Gasteiger charge is 2.33. The SMILES string of the molecule is Cc1ccc(C(CN)OC2CC(C)CCC2C(C)C)o1. The molecule has 3 nitrogen and oxygen atoms in total. The van der Waals surface area contributed by atoms with Crippen LogP contribution in [0.3, 0.4) is 0 Å². The van der Waals surface area contributed by atoms with E-state index in [4.69, 9.17) is 14.9 Å². The molecule has 0 spiro atoms. The van der Waals surface area contributed by atoms with Crippen molar-refractivity contribution in [1.29, 1.82) is 0 Å². The third kappa shape index (κ3) is 3.64. The van der Waals surface area contributed by atoms with E-state index >= 15 is 0 Å². The second kappa shape index (κ2) is 6.77. The Bertz CT molecular complexity index is 413. The van der Waals surface area contributed by atoms with Gasteiger partial charge in [-0.2, -0.15) is 0 Å². The molecule has 3 heteroatoms. The molecule has 2 rings (SSSR count). The van der Waals surface area contributed by atoms with Gasteiger partial charge in [0.25, 0.3) is 0 Å². The lowest BCUT2D eigenvalue weighted by molar-refractivity contribution is -0.0850. The van der Waals surface area contributed by atoms with E-state index in [1.54, 1.807) is 0 Å². The van der Waals surface area contributed by atoms with Crippen molar-refractivity contribution in [2.75, 3.05) is 6.54 Å². The molecule has 0 radical (unpaired) electrons. The number of hydrogen-bond donors (Lipinski definition) is 1. The van der Waals surface area contributed by atoms with Crippen molar-refractivity contribution in [3.05, 3.63) is 23.7 Å². The maximum atomic E-state index is 6.37. The highest BCUT2D eigenvalue weighted by Crippen LogP contribution is 2.37. The van der Waals surface area contributed by atoms with Gasteiger partial charge in [-0.25, -0.2) is 0 Å². The molecule has 0 amide bonds. The molecule has 0 bridgehead atoms. The highest BCUT2D eigenvalue weighted by atomic mass is 16.5. The van der Waals surface area contributed by atoms with E-state index in [1.165, 1.54) is 12.8 Å². The van der Waals surface area contributed by atoms with Crippen molar-refractivity contribution in [2.45, 2.75) is 59.2 Å². The van der Waals surface area contributed by atoms with Crippen molar-refractivity contribution in [3.63, 3.8) is 0 Å². The van der Waals surface area contributed by atoms with Crippen LogP contribution in [-0.2, 0) is 4.74 Å². The molecule has 4 unspecified atom stereocenters. The summed E-state index contributed by atoms with van der Waals surface area (Å²) in [7, 11) is 0. The minimum Gasteiger partial charge on any atom is -0.464 e. The van der Waals surface area contributed by atoms with Gasteiger partial charge in [0, 0.05) is 6.54 Å². The van der Waals surface area contributed by atoms with Gasteiger partial charge in [0.15, 0.2) is 0 Å². The third-order valence-corrected chi connectivity index (χ3v) is 4.59. The van der Waals surface area contributed by atoms with E-state index in [0.717, 1.165) is 23.9 Å². The summed E-state index contributed by atoms with van der Waals surface area (Å²) in [6.45, 7) is 9.34. The monoisotopic (exact) mass is 279 g/mol. The highest BCUT2D eigenvalue weighted by molar-refractivity contribution is 5.08. The lowest BCUT2D eigenvalue weighted by Crippen LogP contribution is -2.36.